The van der Waals surface area contributed by atoms with Crippen LogP contribution in [-0.2, 0) is 4.74 Å². The fraction of sp³-hybridized carbons (Fsp3) is 0.455. The van der Waals surface area contributed by atoms with Gasteiger partial charge in [0.15, 0.2) is 0 Å². The van der Waals surface area contributed by atoms with E-state index in [0.29, 0.717) is 18.6 Å². The van der Waals surface area contributed by atoms with Crippen LogP contribution in [0.15, 0.2) is 29.2 Å². The fourth-order valence-electron chi connectivity index (χ4n) is 1.52. The second-order valence-electron chi connectivity index (χ2n) is 4.20. The van der Waals surface area contributed by atoms with Gasteiger partial charge >= 0.3 is 10.2 Å². The first-order chi connectivity index (χ1) is 8.46. The third kappa shape index (κ3) is 4.87. The first-order valence-electron chi connectivity index (χ1n) is 5.56. The Morgan fingerprint density at radius 1 is 1.21 bits per heavy atom. The van der Waals surface area contributed by atoms with Gasteiger partial charge in [0.05, 0.1) is 6.61 Å². The van der Waals surface area contributed by atoms with Gasteiger partial charge in [-0.3, -0.25) is 0 Å². The number of nitrogens with one attached hydrogen (secondary N) is 1. The lowest BCUT2D eigenvalue weighted by molar-refractivity contribution is 0.184. The summed E-state index contributed by atoms with van der Waals surface area (Å²) in [6, 6.07) is 2.84. The summed E-state index contributed by atoms with van der Waals surface area (Å²) < 4.78 is 68.1. The van der Waals surface area contributed by atoms with Crippen molar-refractivity contribution in [1.82, 2.24) is 0 Å². The first kappa shape index (κ1) is 16.0. The van der Waals surface area contributed by atoms with Crippen LogP contribution in [0.3, 0.4) is 0 Å². The van der Waals surface area contributed by atoms with E-state index >= 15 is 0 Å². The molecule has 0 amide bonds. The maximum atomic E-state index is 12.6. The average molecular weight is 305 g/mol. The Kier molecular flexibility index (Phi) is 3.81. The van der Waals surface area contributed by atoms with Gasteiger partial charge in [0, 0.05) is 18.8 Å². The zero-order valence-corrected chi connectivity index (χ0v) is 11.3. The van der Waals surface area contributed by atoms with E-state index in [1.54, 1.807) is 0 Å². The molecule has 1 aromatic carbocycles. The molecule has 1 aromatic rings. The summed E-state index contributed by atoms with van der Waals surface area (Å²) >= 11 is 0. The number of benzene rings is 1. The quantitative estimate of drug-likeness (QED) is 0.731. The van der Waals surface area contributed by atoms with E-state index in [1.807, 2.05) is 6.92 Å². The van der Waals surface area contributed by atoms with E-state index in [2.05, 4.69) is 5.32 Å². The van der Waals surface area contributed by atoms with Crippen LogP contribution in [0.25, 0.3) is 0 Å². The van der Waals surface area contributed by atoms with E-state index < -0.39 is 15.1 Å². The number of hydrogen-bond donors (Lipinski definition) is 1. The van der Waals surface area contributed by atoms with Crippen molar-refractivity contribution in [2.75, 3.05) is 19.0 Å². The molecule has 112 valence electrons. The number of halogens is 5. The maximum absolute atomic E-state index is 12.6. The molecule has 0 spiro atoms. The van der Waals surface area contributed by atoms with Crippen molar-refractivity contribution in [3.05, 3.63) is 24.3 Å². The summed E-state index contributed by atoms with van der Waals surface area (Å²) in [7, 11) is -8.17. The monoisotopic (exact) mass is 305 g/mol. The Hall–Kier alpha value is -1.02. The molecule has 0 aromatic heterocycles. The molecular formula is C11H16F5NOS. The Balaban J connectivity index is 3.03. The predicted octanol–water partition coefficient (Wildman–Crippen LogP) is 5.18. The molecule has 0 saturated carbocycles. The number of hydrogen-bond acceptors (Lipinski definition) is 2. The van der Waals surface area contributed by atoms with Crippen LogP contribution in [0.4, 0.5) is 25.1 Å². The molecule has 0 bridgehead atoms. The van der Waals surface area contributed by atoms with E-state index in [-0.39, 0.29) is 18.3 Å². The van der Waals surface area contributed by atoms with Crippen LogP contribution < -0.4 is 5.32 Å². The molecule has 0 fully saturated rings. The van der Waals surface area contributed by atoms with Gasteiger partial charge in [-0.05, 0) is 24.6 Å². The minimum absolute atomic E-state index is 0.00495. The van der Waals surface area contributed by atoms with E-state index in [9.17, 15) is 19.4 Å². The van der Waals surface area contributed by atoms with Crippen molar-refractivity contribution >= 4 is 15.9 Å². The lowest BCUT2D eigenvalue weighted by Gasteiger charge is -2.40. The summed E-state index contributed by atoms with van der Waals surface area (Å²) in [6.07, 6.45) is 0.592. The summed E-state index contributed by atoms with van der Waals surface area (Å²) in [4.78, 5) is -1.89. The van der Waals surface area contributed by atoms with Crippen LogP contribution >= 0.6 is 10.2 Å². The molecule has 2 nitrogen and oxygen atoms in total. The normalized spacial score (nSPS) is 17.4. The summed E-state index contributed by atoms with van der Waals surface area (Å²) in [5.41, 5.74) is -0.00495. The number of methoxy groups -OCH3 is 1. The van der Waals surface area contributed by atoms with Crippen molar-refractivity contribution in [2.45, 2.75) is 24.3 Å². The summed E-state index contributed by atoms with van der Waals surface area (Å²) in [6.45, 7) is 2.09. The highest BCUT2D eigenvalue weighted by Crippen LogP contribution is 3.02. The van der Waals surface area contributed by atoms with Crippen molar-refractivity contribution < 1.29 is 24.2 Å². The Bertz CT molecular complexity index is 447. The lowest BCUT2D eigenvalue weighted by Crippen LogP contribution is -2.24. The summed E-state index contributed by atoms with van der Waals surface area (Å²) in [5.74, 6) is 0. The van der Waals surface area contributed by atoms with Gasteiger partial charge in [-0.15, -0.1) is 0 Å². The maximum Gasteiger partial charge on any atom is 0.310 e. The van der Waals surface area contributed by atoms with Crippen molar-refractivity contribution in [2.24, 2.45) is 0 Å². The third-order valence-corrected chi connectivity index (χ3v) is 3.66. The van der Waals surface area contributed by atoms with Crippen LogP contribution in [0, 0.1) is 0 Å². The van der Waals surface area contributed by atoms with Gasteiger partial charge in [-0.2, -0.15) is 0 Å². The van der Waals surface area contributed by atoms with E-state index in [4.69, 9.17) is 4.74 Å². The standard InChI is InChI=1S/C11H16F5NOS/c1-3-9(8-18-2)17-10-5-4-6-11(7-10)19(12,13,14,15)16/h4-7,9,17H,3,8H2,1-2H3/t9-/m0/s1. The Morgan fingerprint density at radius 3 is 2.32 bits per heavy atom. The highest BCUT2D eigenvalue weighted by molar-refractivity contribution is 8.45. The minimum atomic E-state index is -9.62. The summed E-state index contributed by atoms with van der Waals surface area (Å²) in [5, 5.41) is 2.74. The van der Waals surface area contributed by atoms with Crippen LogP contribution in [-0.4, -0.2) is 19.8 Å². The molecule has 0 saturated heterocycles. The smallest absolute Gasteiger partial charge is 0.310 e. The molecule has 0 aliphatic heterocycles. The van der Waals surface area contributed by atoms with Gasteiger partial charge < -0.3 is 10.1 Å². The van der Waals surface area contributed by atoms with Gasteiger partial charge in [0.1, 0.15) is 4.90 Å². The molecule has 0 radical (unpaired) electrons. The highest BCUT2D eigenvalue weighted by atomic mass is 32.5. The molecule has 0 heterocycles. The fourth-order valence-corrected chi connectivity index (χ4v) is 2.21. The van der Waals surface area contributed by atoms with Crippen LogP contribution in [0.5, 0.6) is 0 Å². The minimum Gasteiger partial charge on any atom is -0.383 e. The number of anilines is 1. The van der Waals surface area contributed by atoms with E-state index in [0.717, 1.165) is 6.07 Å². The molecule has 8 heteroatoms. The first-order valence-corrected chi connectivity index (χ1v) is 7.51. The van der Waals surface area contributed by atoms with Crippen LogP contribution in [0.2, 0.25) is 0 Å². The van der Waals surface area contributed by atoms with Gasteiger partial charge in [-0.1, -0.05) is 32.4 Å². The second-order valence-corrected chi connectivity index (χ2v) is 6.61. The molecule has 1 rings (SSSR count). The van der Waals surface area contributed by atoms with Gasteiger partial charge in [-0.25, -0.2) is 0 Å². The van der Waals surface area contributed by atoms with Gasteiger partial charge in [0.25, 0.3) is 0 Å². The largest absolute Gasteiger partial charge is 0.383 e. The Morgan fingerprint density at radius 2 is 1.84 bits per heavy atom. The molecule has 0 aliphatic rings. The number of rotatable bonds is 6. The third-order valence-electron chi connectivity index (χ3n) is 2.51. The highest BCUT2D eigenvalue weighted by Gasteiger charge is 2.65. The molecular weight excluding hydrogens is 289 g/mol. The molecule has 0 aliphatic carbocycles. The molecule has 19 heavy (non-hydrogen) atoms. The predicted molar refractivity (Wildman–Crippen MR) is 67.4 cm³/mol. The molecule has 0 unspecified atom stereocenters. The molecule has 1 N–H and O–H groups in total. The van der Waals surface area contributed by atoms with Crippen LogP contribution in [0.1, 0.15) is 13.3 Å². The topological polar surface area (TPSA) is 21.3 Å². The van der Waals surface area contributed by atoms with Gasteiger partial charge in [0.2, 0.25) is 0 Å². The SMILES string of the molecule is CC[C@@H](COC)Nc1cccc(S(F)(F)(F)(F)F)c1. The second kappa shape index (κ2) is 4.52. The van der Waals surface area contributed by atoms with Crippen molar-refractivity contribution in [1.29, 1.82) is 0 Å². The zero-order valence-electron chi connectivity index (χ0n) is 10.5. The van der Waals surface area contributed by atoms with Crippen molar-refractivity contribution in [3.8, 4) is 0 Å². The lowest BCUT2D eigenvalue weighted by atomic mass is 10.2. The average Bonchev–Trinajstić information content (AvgIpc) is 2.26. The zero-order chi connectivity index (χ0) is 14.8. The van der Waals surface area contributed by atoms with E-state index in [1.165, 1.54) is 13.2 Å². The Labute approximate surface area is 108 Å². The molecule has 1 atom stereocenters. The van der Waals surface area contributed by atoms with Crippen molar-refractivity contribution in [3.63, 3.8) is 0 Å². The number of ether oxygens (including phenoxy) is 1.